The summed E-state index contributed by atoms with van der Waals surface area (Å²) in [6.07, 6.45) is 8.63. The van der Waals surface area contributed by atoms with Crippen LogP contribution >= 0.6 is 22.6 Å². The average Bonchev–Trinajstić information content (AvgIpc) is 2.64. The van der Waals surface area contributed by atoms with E-state index in [4.69, 9.17) is 14.2 Å². The van der Waals surface area contributed by atoms with Crippen molar-refractivity contribution in [1.82, 2.24) is 0 Å². The van der Waals surface area contributed by atoms with Crippen LogP contribution in [-0.2, 0) is 18.6 Å². The number of hydrogen-bond donors (Lipinski definition) is 0. The van der Waals surface area contributed by atoms with Crippen molar-refractivity contribution < 1.29 is 14.2 Å². The van der Waals surface area contributed by atoms with Crippen LogP contribution in [0, 0.1) is 0 Å². The lowest BCUT2D eigenvalue weighted by Crippen LogP contribution is -2.42. The molecule has 0 aliphatic carbocycles. The minimum atomic E-state index is -1.02. The molecule has 0 aliphatic rings. The molecule has 0 saturated heterocycles. The highest BCUT2D eigenvalue weighted by Crippen LogP contribution is 2.37. The van der Waals surface area contributed by atoms with E-state index in [0.717, 1.165) is 17.3 Å². The van der Waals surface area contributed by atoms with E-state index in [1.807, 2.05) is 0 Å². The topological polar surface area (TPSA) is 27.7 Å². The zero-order valence-corrected chi connectivity index (χ0v) is 17.8. The predicted octanol–water partition coefficient (Wildman–Crippen LogP) is 6.05. The summed E-state index contributed by atoms with van der Waals surface area (Å²) < 4.78 is 18.0. The lowest BCUT2D eigenvalue weighted by atomic mass is 9.89. The van der Waals surface area contributed by atoms with Gasteiger partial charge in [0.05, 0.1) is 5.92 Å². The molecule has 0 bridgehead atoms. The van der Waals surface area contributed by atoms with Gasteiger partial charge >= 0.3 is 0 Å². The van der Waals surface area contributed by atoms with Crippen molar-refractivity contribution in [3.05, 3.63) is 35.4 Å². The molecule has 0 aliphatic heterocycles. The lowest BCUT2D eigenvalue weighted by molar-refractivity contribution is -0.365. The molecule has 0 heterocycles. The van der Waals surface area contributed by atoms with Gasteiger partial charge in [0.15, 0.2) is 0 Å². The van der Waals surface area contributed by atoms with Crippen molar-refractivity contribution in [3.8, 4) is 0 Å². The van der Waals surface area contributed by atoms with Crippen LogP contribution in [0.5, 0.6) is 0 Å². The van der Waals surface area contributed by atoms with E-state index in [0.29, 0.717) is 0 Å². The maximum Gasteiger partial charge on any atom is 0.289 e. The van der Waals surface area contributed by atoms with Gasteiger partial charge in [-0.1, -0.05) is 92.3 Å². The summed E-state index contributed by atoms with van der Waals surface area (Å²) in [6, 6.07) is 8.73. The Bertz CT molecular complexity index is 421. The minimum absolute atomic E-state index is 0.0620. The summed E-state index contributed by atoms with van der Waals surface area (Å²) in [4.78, 5) is 0. The maximum atomic E-state index is 5.66. The molecule has 0 N–H and O–H groups in total. The first kappa shape index (κ1) is 21.9. The largest absolute Gasteiger partial charge is 0.330 e. The third-order valence-corrected chi connectivity index (χ3v) is 5.54. The van der Waals surface area contributed by atoms with Crippen molar-refractivity contribution in [1.29, 1.82) is 0 Å². The second kappa shape index (κ2) is 12.2. The number of methoxy groups -OCH3 is 3. The quantitative estimate of drug-likeness (QED) is 0.159. The average molecular weight is 448 g/mol. The number of alkyl halides is 1. The molecule has 0 aromatic heterocycles. The second-order valence-electron chi connectivity index (χ2n) is 6.20. The number of unbranched alkanes of at least 4 members (excludes halogenated alkanes) is 5. The van der Waals surface area contributed by atoms with Gasteiger partial charge in [0.1, 0.15) is 0 Å². The third kappa shape index (κ3) is 6.28. The van der Waals surface area contributed by atoms with Crippen LogP contribution in [0.3, 0.4) is 0 Å². The van der Waals surface area contributed by atoms with E-state index in [2.05, 4.69) is 53.8 Å². The molecule has 1 unspecified atom stereocenters. The number of halogens is 1. The Labute approximate surface area is 161 Å². The summed E-state index contributed by atoms with van der Waals surface area (Å²) in [7, 11) is 4.96. The Morgan fingerprint density at radius 2 is 1.42 bits per heavy atom. The predicted molar refractivity (Wildman–Crippen MR) is 109 cm³/mol. The van der Waals surface area contributed by atoms with Gasteiger partial charge in [0, 0.05) is 25.8 Å². The highest BCUT2D eigenvalue weighted by molar-refractivity contribution is 14.1. The van der Waals surface area contributed by atoms with E-state index in [1.165, 1.54) is 43.2 Å². The highest BCUT2D eigenvalue weighted by Gasteiger charge is 2.40. The molecule has 0 fully saturated rings. The number of ether oxygens (including phenoxy) is 3. The van der Waals surface area contributed by atoms with Gasteiger partial charge in [-0.2, -0.15) is 0 Å². The van der Waals surface area contributed by atoms with E-state index in [1.54, 1.807) is 21.3 Å². The van der Waals surface area contributed by atoms with Crippen LogP contribution in [0.4, 0.5) is 0 Å². The van der Waals surface area contributed by atoms with Gasteiger partial charge in [-0.3, -0.25) is 0 Å². The van der Waals surface area contributed by atoms with Crippen molar-refractivity contribution in [3.63, 3.8) is 0 Å². The van der Waals surface area contributed by atoms with Gasteiger partial charge in [0.25, 0.3) is 5.97 Å². The van der Waals surface area contributed by atoms with Crippen LogP contribution in [0.15, 0.2) is 24.3 Å². The first-order chi connectivity index (χ1) is 11.7. The van der Waals surface area contributed by atoms with Crippen molar-refractivity contribution in [2.24, 2.45) is 0 Å². The Kier molecular flexibility index (Phi) is 11.1. The molecule has 0 amide bonds. The van der Waals surface area contributed by atoms with Crippen LogP contribution in [0.1, 0.15) is 68.9 Å². The minimum Gasteiger partial charge on any atom is -0.330 e. The van der Waals surface area contributed by atoms with Crippen LogP contribution in [0.25, 0.3) is 0 Å². The molecule has 1 aromatic rings. The molecule has 4 heteroatoms. The molecule has 1 aromatic carbocycles. The monoisotopic (exact) mass is 448 g/mol. The molecule has 138 valence electrons. The van der Waals surface area contributed by atoms with Crippen molar-refractivity contribution in [2.45, 2.75) is 68.2 Å². The molecular weight excluding hydrogens is 415 g/mol. The van der Waals surface area contributed by atoms with Crippen LogP contribution in [-0.4, -0.2) is 27.3 Å². The van der Waals surface area contributed by atoms with Gasteiger partial charge in [0.2, 0.25) is 0 Å². The van der Waals surface area contributed by atoms with Gasteiger partial charge in [-0.15, -0.1) is 0 Å². The molecule has 1 rings (SSSR count). The summed E-state index contributed by atoms with van der Waals surface area (Å²) in [5.41, 5.74) is 2.54. The van der Waals surface area contributed by atoms with Gasteiger partial charge in [-0.25, -0.2) is 0 Å². The number of hydrogen-bond acceptors (Lipinski definition) is 3. The molecule has 0 radical (unpaired) electrons. The van der Waals surface area contributed by atoms with Gasteiger partial charge < -0.3 is 14.2 Å². The first-order valence-electron chi connectivity index (χ1n) is 8.97. The van der Waals surface area contributed by atoms with E-state index in [-0.39, 0.29) is 5.92 Å². The van der Waals surface area contributed by atoms with Crippen molar-refractivity contribution in [2.75, 3.05) is 21.3 Å². The molecule has 0 spiro atoms. The fourth-order valence-electron chi connectivity index (χ4n) is 3.19. The molecule has 3 nitrogen and oxygen atoms in total. The fraction of sp³-hybridized carbons (Fsp3) is 0.700. The summed E-state index contributed by atoms with van der Waals surface area (Å²) in [6.45, 7) is 2.25. The van der Waals surface area contributed by atoms with Crippen LogP contribution in [0.2, 0.25) is 0 Å². The standard InChI is InChI=1S/C20H33IO3/c1-5-6-7-8-9-10-11-19(20(22-2,23-3)24-4)18-14-12-17(16-21)13-15-18/h12-15,19H,5-11,16H2,1-4H3. The SMILES string of the molecule is CCCCCCCCC(c1ccc(CI)cc1)C(OC)(OC)OC. The summed E-state index contributed by atoms with van der Waals surface area (Å²) >= 11 is 2.39. The maximum absolute atomic E-state index is 5.66. The fourth-order valence-corrected chi connectivity index (χ4v) is 3.70. The zero-order chi connectivity index (χ0) is 17.8. The Morgan fingerprint density at radius 3 is 1.92 bits per heavy atom. The van der Waals surface area contributed by atoms with Gasteiger partial charge in [-0.05, 0) is 17.5 Å². The van der Waals surface area contributed by atoms with E-state index < -0.39 is 5.97 Å². The van der Waals surface area contributed by atoms with Crippen molar-refractivity contribution >= 4 is 22.6 Å². The van der Waals surface area contributed by atoms with E-state index in [9.17, 15) is 0 Å². The Balaban J connectivity index is 2.82. The number of rotatable bonds is 13. The zero-order valence-electron chi connectivity index (χ0n) is 15.6. The first-order valence-corrected chi connectivity index (χ1v) is 10.5. The highest BCUT2D eigenvalue weighted by atomic mass is 127. The van der Waals surface area contributed by atoms with E-state index >= 15 is 0 Å². The Morgan fingerprint density at radius 1 is 0.875 bits per heavy atom. The normalized spacial score (nSPS) is 13.2. The summed E-state index contributed by atoms with van der Waals surface area (Å²) in [5, 5.41) is 0. The summed E-state index contributed by atoms with van der Waals surface area (Å²) in [5.74, 6) is -0.957. The van der Waals surface area contributed by atoms with Crippen LogP contribution < -0.4 is 0 Å². The second-order valence-corrected chi connectivity index (χ2v) is 6.96. The smallest absolute Gasteiger partial charge is 0.289 e. The third-order valence-electron chi connectivity index (χ3n) is 4.66. The molecule has 1 atom stereocenters. The molecule has 0 saturated carbocycles. The Hall–Kier alpha value is -0.170. The molecular formula is C20H33IO3. The molecule has 24 heavy (non-hydrogen) atoms. The lowest BCUT2D eigenvalue weighted by Gasteiger charge is -2.36. The number of benzene rings is 1.